The molecule has 1 aliphatic rings. The minimum absolute atomic E-state index is 0.0487. The van der Waals surface area contributed by atoms with Crippen LogP contribution in [-0.4, -0.2) is 25.0 Å². The molecule has 1 aliphatic carbocycles. The zero-order chi connectivity index (χ0) is 25.8. The van der Waals surface area contributed by atoms with Crippen molar-refractivity contribution in [2.45, 2.75) is 32.4 Å². The van der Waals surface area contributed by atoms with Crippen LogP contribution in [0.15, 0.2) is 60.7 Å². The van der Waals surface area contributed by atoms with Gasteiger partial charge in [0, 0.05) is 12.0 Å². The van der Waals surface area contributed by atoms with Gasteiger partial charge in [0.2, 0.25) is 0 Å². The molecule has 0 radical (unpaired) electrons. The highest BCUT2D eigenvalue weighted by atomic mass is 35.5. The molecule has 188 valence electrons. The molecule has 3 aromatic carbocycles. The Hall–Kier alpha value is -2.93. The standard InChI is InChI=1S/C27H25Cl3N2O4/c1-3-15(2)25(32-27(34)36-24-13-22(29)21(28)12-23(24)30)31-26(33)35-14-20-18-10-6-4-8-16(18)17-9-5-7-11-19(17)20/h4-13,15,20,25H,3,14H2,1-2H3,(H,31,33)(H,32,34)/t15?,25-/m1/s1. The Balaban J connectivity index is 1.40. The Bertz CT molecular complexity index is 1240. The Morgan fingerprint density at radius 2 is 1.42 bits per heavy atom. The number of hydrogen-bond donors (Lipinski definition) is 2. The van der Waals surface area contributed by atoms with E-state index in [-0.39, 0.29) is 39.3 Å². The van der Waals surface area contributed by atoms with Crippen molar-refractivity contribution >= 4 is 47.0 Å². The summed E-state index contributed by atoms with van der Waals surface area (Å²) in [6.45, 7) is 4.00. The molecule has 1 unspecified atom stereocenters. The van der Waals surface area contributed by atoms with E-state index < -0.39 is 18.4 Å². The van der Waals surface area contributed by atoms with Crippen molar-refractivity contribution in [3.63, 3.8) is 0 Å². The molecule has 2 atom stereocenters. The SMILES string of the molecule is CCC(C)[C@H](NC(=O)OCC1c2ccccc2-c2ccccc21)NC(=O)Oc1cc(Cl)c(Cl)cc1Cl. The molecule has 0 aliphatic heterocycles. The molecular formula is C27H25Cl3N2O4. The number of hydrogen-bond acceptors (Lipinski definition) is 4. The highest BCUT2D eigenvalue weighted by Crippen LogP contribution is 2.44. The predicted molar refractivity (Wildman–Crippen MR) is 142 cm³/mol. The van der Waals surface area contributed by atoms with Gasteiger partial charge in [-0.1, -0.05) is 97.2 Å². The summed E-state index contributed by atoms with van der Waals surface area (Å²) in [6, 6.07) is 18.9. The van der Waals surface area contributed by atoms with Gasteiger partial charge in [-0.05, 0) is 40.7 Å². The van der Waals surface area contributed by atoms with Crippen LogP contribution >= 0.6 is 34.8 Å². The molecule has 2 amide bonds. The smallest absolute Gasteiger partial charge is 0.414 e. The second kappa shape index (κ2) is 11.4. The topological polar surface area (TPSA) is 76.7 Å². The van der Waals surface area contributed by atoms with E-state index in [2.05, 4.69) is 34.9 Å². The molecule has 0 heterocycles. The number of halogens is 3. The number of ether oxygens (including phenoxy) is 2. The largest absolute Gasteiger partial charge is 0.449 e. The number of carbonyl (C=O) groups is 2. The third kappa shape index (κ3) is 5.72. The molecule has 4 rings (SSSR count). The molecule has 0 aromatic heterocycles. The summed E-state index contributed by atoms with van der Waals surface area (Å²) < 4.78 is 10.9. The molecule has 6 nitrogen and oxygen atoms in total. The highest BCUT2D eigenvalue weighted by Gasteiger charge is 2.30. The number of rotatable bonds is 7. The van der Waals surface area contributed by atoms with E-state index in [1.54, 1.807) is 0 Å². The monoisotopic (exact) mass is 546 g/mol. The summed E-state index contributed by atoms with van der Waals surface area (Å²) in [4.78, 5) is 25.3. The molecule has 2 N–H and O–H groups in total. The molecule has 0 saturated heterocycles. The van der Waals surface area contributed by atoms with Crippen LogP contribution in [0.4, 0.5) is 9.59 Å². The van der Waals surface area contributed by atoms with Crippen LogP contribution in [0, 0.1) is 5.92 Å². The van der Waals surface area contributed by atoms with Gasteiger partial charge in [0.15, 0.2) is 5.75 Å². The third-order valence-electron chi connectivity index (χ3n) is 6.28. The number of carbonyl (C=O) groups excluding carboxylic acids is 2. The Kier molecular flexibility index (Phi) is 8.29. The molecule has 3 aromatic rings. The Labute approximate surface area is 224 Å². The van der Waals surface area contributed by atoms with Crippen molar-refractivity contribution < 1.29 is 19.1 Å². The van der Waals surface area contributed by atoms with E-state index >= 15 is 0 Å². The van der Waals surface area contributed by atoms with Crippen LogP contribution in [0.2, 0.25) is 15.1 Å². The van der Waals surface area contributed by atoms with Gasteiger partial charge in [-0.15, -0.1) is 0 Å². The second-order valence-electron chi connectivity index (χ2n) is 8.56. The first-order valence-electron chi connectivity index (χ1n) is 11.5. The lowest BCUT2D eigenvalue weighted by Gasteiger charge is -2.25. The van der Waals surface area contributed by atoms with Crippen LogP contribution in [0.5, 0.6) is 5.75 Å². The fraction of sp³-hybridized carbons (Fsp3) is 0.259. The summed E-state index contributed by atoms with van der Waals surface area (Å²) in [5, 5.41) is 5.96. The summed E-state index contributed by atoms with van der Waals surface area (Å²) in [7, 11) is 0. The van der Waals surface area contributed by atoms with Gasteiger partial charge in [-0.3, -0.25) is 0 Å². The van der Waals surface area contributed by atoms with E-state index in [9.17, 15) is 9.59 Å². The van der Waals surface area contributed by atoms with Crippen molar-refractivity contribution in [1.29, 1.82) is 0 Å². The van der Waals surface area contributed by atoms with E-state index in [0.29, 0.717) is 6.42 Å². The first-order chi connectivity index (χ1) is 17.3. The number of nitrogens with one attached hydrogen (secondary N) is 2. The predicted octanol–water partition coefficient (Wildman–Crippen LogP) is 7.65. The lowest BCUT2D eigenvalue weighted by atomic mass is 9.98. The first-order valence-corrected chi connectivity index (χ1v) is 12.7. The van der Waals surface area contributed by atoms with Gasteiger partial charge in [-0.25, -0.2) is 9.59 Å². The van der Waals surface area contributed by atoms with Crippen LogP contribution in [-0.2, 0) is 4.74 Å². The molecule has 36 heavy (non-hydrogen) atoms. The zero-order valence-electron chi connectivity index (χ0n) is 19.7. The van der Waals surface area contributed by atoms with Crippen molar-refractivity contribution in [3.05, 3.63) is 86.9 Å². The quantitative estimate of drug-likeness (QED) is 0.235. The number of benzene rings is 3. The van der Waals surface area contributed by atoms with Gasteiger partial charge in [0.05, 0.1) is 15.1 Å². The van der Waals surface area contributed by atoms with Crippen molar-refractivity contribution in [3.8, 4) is 16.9 Å². The number of alkyl carbamates (subject to hydrolysis) is 1. The zero-order valence-corrected chi connectivity index (χ0v) is 22.0. The summed E-state index contributed by atoms with van der Waals surface area (Å²) >= 11 is 18.0. The molecule has 0 spiro atoms. The molecule has 0 saturated carbocycles. The van der Waals surface area contributed by atoms with Gasteiger partial charge in [0.25, 0.3) is 0 Å². The number of amides is 2. The highest BCUT2D eigenvalue weighted by molar-refractivity contribution is 6.43. The average molecular weight is 548 g/mol. The molecular weight excluding hydrogens is 523 g/mol. The van der Waals surface area contributed by atoms with Crippen LogP contribution < -0.4 is 15.4 Å². The fourth-order valence-corrected chi connectivity index (χ4v) is 4.74. The van der Waals surface area contributed by atoms with Crippen molar-refractivity contribution in [2.75, 3.05) is 6.61 Å². The summed E-state index contributed by atoms with van der Waals surface area (Å²) in [5.41, 5.74) is 4.52. The molecule has 9 heteroatoms. The van der Waals surface area contributed by atoms with E-state index in [1.807, 2.05) is 38.1 Å². The van der Waals surface area contributed by atoms with Crippen molar-refractivity contribution in [2.24, 2.45) is 5.92 Å². The van der Waals surface area contributed by atoms with Crippen LogP contribution in [0.3, 0.4) is 0 Å². The van der Waals surface area contributed by atoms with Crippen LogP contribution in [0.1, 0.15) is 37.3 Å². The molecule has 0 fully saturated rings. The van der Waals surface area contributed by atoms with Crippen LogP contribution in [0.25, 0.3) is 11.1 Å². The Morgan fingerprint density at radius 1 is 0.861 bits per heavy atom. The van der Waals surface area contributed by atoms with E-state index in [1.165, 1.54) is 12.1 Å². The van der Waals surface area contributed by atoms with E-state index in [0.717, 1.165) is 22.3 Å². The first kappa shape index (κ1) is 26.1. The van der Waals surface area contributed by atoms with Gasteiger partial charge < -0.3 is 20.1 Å². The van der Waals surface area contributed by atoms with Gasteiger partial charge in [-0.2, -0.15) is 0 Å². The summed E-state index contributed by atoms with van der Waals surface area (Å²) in [5.74, 6) is -0.130. The lowest BCUT2D eigenvalue weighted by molar-refractivity contribution is 0.130. The lowest BCUT2D eigenvalue weighted by Crippen LogP contribution is -2.52. The molecule has 0 bridgehead atoms. The number of fused-ring (bicyclic) bond motifs is 3. The summed E-state index contributed by atoms with van der Waals surface area (Å²) in [6.07, 6.45) is -1.50. The van der Waals surface area contributed by atoms with E-state index in [4.69, 9.17) is 44.3 Å². The minimum Gasteiger partial charge on any atom is -0.449 e. The third-order valence-corrected chi connectivity index (χ3v) is 7.30. The normalized spacial score (nSPS) is 13.8. The maximum Gasteiger partial charge on any atom is 0.414 e. The maximum atomic E-state index is 12.8. The van der Waals surface area contributed by atoms with Crippen molar-refractivity contribution in [1.82, 2.24) is 10.6 Å². The fourth-order valence-electron chi connectivity index (χ4n) is 4.16. The maximum absolute atomic E-state index is 12.8. The Morgan fingerprint density at radius 3 is 2.03 bits per heavy atom. The second-order valence-corrected chi connectivity index (χ2v) is 9.79. The minimum atomic E-state index is -0.806. The van der Waals surface area contributed by atoms with Gasteiger partial charge in [0.1, 0.15) is 12.8 Å². The average Bonchev–Trinajstić information content (AvgIpc) is 3.19. The van der Waals surface area contributed by atoms with Gasteiger partial charge >= 0.3 is 12.2 Å².